The minimum absolute atomic E-state index is 0.170. The predicted octanol–water partition coefficient (Wildman–Crippen LogP) is 4.39. The highest BCUT2D eigenvalue weighted by Crippen LogP contribution is 2.28. The third-order valence-electron chi connectivity index (χ3n) is 4.74. The van der Waals surface area contributed by atoms with E-state index in [9.17, 15) is 13.2 Å². The Bertz CT molecular complexity index is 1110. The summed E-state index contributed by atoms with van der Waals surface area (Å²) in [7, 11) is -3.49. The van der Waals surface area contributed by atoms with Gasteiger partial charge in [-0.1, -0.05) is 49.4 Å². The summed E-state index contributed by atoms with van der Waals surface area (Å²) in [4.78, 5) is 19.1. The van der Waals surface area contributed by atoms with Gasteiger partial charge in [0.05, 0.1) is 15.1 Å². The zero-order valence-electron chi connectivity index (χ0n) is 17.3. The average Bonchev–Trinajstić information content (AvgIpc) is 3.17. The Morgan fingerprint density at radius 3 is 2.27 bits per heavy atom. The highest BCUT2D eigenvalue weighted by molar-refractivity contribution is 7.89. The van der Waals surface area contributed by atoms with E-state index in [4.69, 9.17) is 0 Å². The molecule has 3 aromatic rings. The van der Waals surface area contributed by atoms with Crippen molar-refractivity contribution in [1.82, 2.24) is 9.29 Å². The van der Waals surface area contributed by atoms with Gasteiger partial charge in [0.2, 0.25) is 10.0 Å². The number of amides is 1. The van der Waals surface area contributed by atoms with Crippen LogP contribution >= 0.6 is 11.3 Å². The van der Waals surface area contributed by atoms with Gasteiger partial charge >= 0.3 is 0 Å². The van der Waals surface area contributed by atoms with Crippen molar-refractivity contribution in [2.75, 3.05) is 24.5 Å². The van der Waals surface area contributed by atoms with Crippen LogP contribution in [0.15, 0.2) is 59.5 Å². The second-order valence-electron chi connectivity index (χ2n) is 6.54. The molecule has 0 atom stereocenters. The molecule has 0 aliphatic rings. The predicted molar refractivity (Wildman–Crippen MR) is 123 cm³/mol. The molecule has 0 aliphatic carbocycles. The number of likely N-dealkylation sites (N-methyl/N-ethyl adjacent to an activating group) is 1. The number of para-hydroxylation sites is 1. The van der Waals surface area contributed by atoms with E-state index in [1.807, 2.05) is 45.0 Å². The van der Waals surface area contributed by atoms with Gasteiger partial charge in [-0.05, 0) is 42.8 Å². The van der Waals surface area contributed by atoms with E-state index in [-0.39, 0.29) is 10.8 Å². The maximum atomic E-state index is 12.7. The number of carbonyl (C=O) groups is 1. The number of fused-ring (bicyclic) bond motifs is 1. The second kappa shape index (κ2) is 9.51. The highest BCUT2D eigenvalue weighted by atomic mass is 32.2. The summed E-state index contributed by atoms with van der Waals surface area (Å²) in [5.41, 5.74) is 1.62. The molecule has 0 spiro atoms. The van der Waals surface area contributed by atoms with Crippen LogP contribution in [-0.2, 0) is 14.8 Å². The zero-order valence-corrected chi connectivity index (χ0v) is 18.9. The smallest absolute Gasteiger partial charge is 0.252 e. The summed E-state index contributed by atoms with van der Waals surface area (Å²) >= 11 is 1.48. The van der Waals surface area contributed by atoms with E-state index in [1.54, 1.807) is 35.2 Å². The normalized spacial score (nSPS) is 12.1. The van der Waals surface area contributed by atoms with Crippen molar-refractivity contribution in [1.29, 1.82) is 0 Å². The minimum Gasteiger partial charge on any atom is -0.285 e. The zero-order chi connectivity index (χ0) is 21.7. The summed E-state index contributed by atoms with van der Waals surface area (Å²) in [5.74, 6) is -0.170. The lowest BCUT2D eigenvalue weighted by atomic mass is 10.2. The van der Waals surface area contributed by atoms with Gasteiger partial charge in [-0.3, -0.25) is 9.69 Å². The number of nitrogens with zero attached hydrogens (tertiary/aromatic N) is 3. The van der Waals surface area contributed by atoms with E-state index in [2.05, 4.69) is 4.98 Å². The van der Waals surface area contributed by atoms with Crippen molar-refractivity contribution in [3.8, 4) is 0 Å². The number of hydrogen-bond donors (Lipinski definition) is 0. The van der Waals surface area contributed by atoms with E-state index < -0.39 is 10.0 Å². The van der Waals surface area contributed by atoms with Crippen LogP contribution < -0.4 is 4.90 Å². The molecule has 0 bridgehead atoms. The molecule has 1 heterocycles. The van der Waals surface area contributed by atoms with Crippen molar-refractivity contribution < 1.29 is 13.2 Å². The number of thiazole rings is 1. The quantitative estimate of drug-likeness (QED) is 0.484. The van der Waals surface area contributed by atoms with Gasteiger partial charge in [0, 0.05) is 25.7 Å². The van der Waals surface area contributed by atoms with E-state index in [1.165, 1.54) is 21.7 Å². The van der Waals surface area contributed by atoms with Gasteiger partial charge in [0.15, 0.2) is 5.13 Å². The minimum atomic E-state index is -3.49. The Morgan fingerprint density at radius 1 is 1.00 bits per heavy atom. The van der Waals surface area contributed by atoms with Crippen molar-refractivity contribution >= 4 is 48.7 Å². The lowest BCUT2D eigenvalue weighted by Crippen LogP contribution is -2.30. The van der Waals surface area contributed by atoms with Crippen LogP contribution in [-0.4, -0.2) is 43.2 Å². The summed E-state index contributed by atoms with van der Waals surface area (Å²) in [6.07, 6.45) is 3.18. The Hall–Kier alpha value is -2.55. The topological polar surface area (TPSA) is 70.6 Å². The van der Waals surface area contributed by atoms with Crippen molar-refractivity contribution in [3.63, 3.8) is 0 Å². The van der Waals surface area contributed by atoms with Crippen LogP contribution in [0.4, 0.5) is 5.13 Å². The molecule has 8 heteroatoms. The highest BCUT2D eigenvalue weighted by Gasteiger charge is 2.21. The number of rotatable bonds is 8. The van der Waals surface area contributed by atoms with Crippen LogP contribution in [0.1, 0.15) is 26.3 Å². The molecule has 30 heavy (non-hydrogen) atoms. The van der Waals surface area contributed by atoms with E-state index >= 15 is 0 Å². The largest absolute Gasteiger partial charge is 0.285 e. The van der Waals surface area contributed by atoms with Gasteiger partial charge in [-0.2, -0.15) is 4.31 Å². The maximum absolute atomic E-state index is 12.7. The number of aromatic nitrogens is 1. The van der Waals surface area contributed by atoms with Gasteiger partial charge in [0.25, 0.3) is 5.91 Å². The molecule has 158 valence electrons. The van der Waals surface area contributed by atoms with Gasteiger partial charge < -0.3 is 0 Å². The van der Waals surface area contributed by atoms with Gasteiger partial charge in [-0.25, -0.2) is 13.4 Å². The first-order valence-electron chi connectivity index (χ1n) is 9.86. The Kier molecular flexibility index (Phi) is 7.02. The molecule has 1 amide bonds. The van der Waals surface area contributed by atoms with Crippen molar-refractivity contribution in [2.24, 2.45) is 0 Å². The van der Waals surface area contributed by atoms with Crippen molar-refractivity contribution in [3.05, 3.63) is 60.2 Å². The molecule has 0 saturated carbocycles. The van der Waals surface area contributed by atoms with Crippen molar-refractivity contribution in [2.45, 2.75) is 25.7 Å². The lowest BCUT2D eigenvalue weighted by Gasteiger charge is -2.18. The first kappa shape index (κ1) is 22.1. The van der Waals surface area contributed by atoms with Crippen LogP contribution in [0, 0.1) is 0 Å². The summed E-state index contributed by atoms with van der Waals surface area (Å²) in [6, 6.07) is 14.3. The van der Waals surface area contributed by atoms with Crippen LogP contribution in [0.5, 0.6) is 0 Å². The number of sulfonamides is 1. The third kappa shape index (κ3) is 4.61. The molecule has 0 N–H and O–H groups in total. The monoisotopic (exact) mass is 443 g/mol. The van der Waals surface area contributed by atoms with Crippen LogP contribution in [0.3, 0.4) is 0 Å². The maximum Gasteiger partial charge on any atom is 0.252 e. The molecule has 0 radical (unpaired) electrons. The molecular weight excluding hydrogens is 418 g/mol. The summed E-state index contributed by atoms with van der Waals surface area (Å²) < 4.78 is 27.6. The first-order chi connectivity index (χ1) is 14.4. The lowest BCUT2D eigenvalue weighted by molar-refractivity contribution is -0.114. The van der Waals surface area contributed by atoms with Gasteiger partial charge in [-0.15, -0.1) is 0 Å². The van der Waals surface area contributed by atoms with E-state index in [0.717, 1.165) is 15.8 Å². The SMILES string of the molecule is CCN(C(=O)/C=C/c1ccc(S(=O)(=O)N(CC)CC)cc1)c1nc2ccccc2s1. The fraction of sp³-hybridized carbons (Fsp3) is 0.273. The average molecular weight is 444 g/mol. The first-order valence-corrected chi connectivity index (χ1v) is 12.1. The Labute approximate surface area is 181 Å². The molecule has 0 unspecified atom stereocenters. The summed E-state index contributed by atoms with van der Waals surface area (Å²) in [5, 5.41) is 0.661. The second-order valence-corrected chi connectivity index (χ2v) is 9.49. The fourth-order valence-electron chi connectivity index (χ4n) is 3.08. The third-order valence-corrected chi connectivity index (χ3v) is 7.86. The molecule has 0 fully saturated rings. The Morgan fingerprint density at radius 2 is 1.67 bits per heavy atom. The van der Waals surface area contributed by atoms with E-state index in [0.29, 0.717) is 24.8 Å². The molecule has 0 aliphatic heterocycles. The number of hydrogen-bond acceptors (Lipinski definition) is 5. The number of anilines is 1. The van der Waals surface area contributed by atoms with Gasteiger partial charge in [0.1, 0.15) is 0 Å². The standard InChI is InChI=1S/C22H25N3O3S2/c1-4-24(5-2)30(27,28)18-14-11-17(12-15-18)13-16-21(26)25(6-3)22-23-19-9-7-8-10-20(19)29-22/h7-16H,4-6H2,1-3H3/b16-13+. The molecule has 1 aromatic heterocycles. The number of benzene rings is 2. The Balaban J connectivity index is 1.76. The molecule has 0 saturated heterocycles. The number of carbonyl (C=O) groups excluding carboxylic acids is 1. The summed E-state index contributed by atoms with van der Waals surface area (Å²) in [6.45, 7) is 6.89. The molecule has 2 aromatic carbocycles. The van der Waals surface area contributed by atoms with Crippen LogP contribution in [0.2, 0.25) is 0 Å². The van der Waals surface area contributed by atoms with Crippen LogP contribution in [0.25, 0.3) is 16.3 Å². The molecular formula is C22H25N3O3S2. The molecule has 6 nitrogen and oxygen atoms in total. The molecule has 3 rings (SSSR count). The fourth-order valence-corrected chi connectivity index (χ4v) is 5.57.